The van der Waals surface area contributed by atoms with Gasteiger partial charge in [-0.2, -0.15) is 0 Å². The molecule has 0 N–H and O–H groups in total. The van der Waals surface area contributed by atoms with Crippen LogP contribution in [0.4, 0.5) is 0 Å². The highest BCUT2D eigenvalue weighted by Gasteiger charge is 2.19. The maximum Gasteiger partial charge on any atom is 0.253 e. The summed E-state index contributed by atoms with van der Waals surface area (Å²) in [5.41, 5.74) is 8.79. The van der Waals surface area contributed by atoms with Crippen molar-refractivity contribution in [1.82, 2.24) is 4.90 Å². The molecule has 1 amide bonds. The Balaban J connectivity index is 2.14. The Labute approximate surface area is 132 Å². The van der Waals surface area contributed by atoms with Crippen LogP contribution < -0.4 is 0 Å². The van der Waals surface area contributed by atoms with Crippen LogP contribution in [0.15, 0.2) is 30.3 Å². The average Bonchev–Trinajstić information content (AvgIpc) is 2.94. The normalized spacial score (nSPS) is 13.1. The third-order valence-corrected chi connectivity index (χ3v) is 4.60. The van der Waals surface area contributed by atoms with Crippen LogP contribution in [0, 0.1) is 13.8 Å². The molecule has 0 saturated heterocycles. The molecule has 2 aromatic rings. The molecule has 0 unspecified atom stereocenters. The van der Waals surface area contributed by atoms with E-state index in [1.54, 1.807) is 19.0 Å². The summed E-state index contributed by atoms with van der Waals surface area (Å²) < 4.78 is 0. The first kappa shape index (κ1) is 14.8. The molecule has 0 heterocycles. The van der Waals surface area contributed by atoms with Gasteiger partial charge in [-0.1, -0.05) is 18.2 Å². The van der Waals surface area contributed by atoms with Crippen molar-refractivity contribution in [2.24, 2.45) is 0 Å². The topological polar surface area (TPSA) is 20.3 Å². The zero-order valence-electron chi connectivity index (χ0n) is 13.9. The summed E-state index contributed by atoms with van der Waals surface area (Å²) >= 11 is 0. The minimum atomic E-state index is 0.0658. The number of aryl methyl sites for hydroxylation is 3. The van der Waals surface area contributed by atoms with Crippen LogP contribution in [0.2, 0.25) is 0 Å². The highest BCUT2D eigenvalue weighted by Crippen LogP contribution is 2.36. The van der Waals surface area contributed by atoms with Crippen molar-refractivity contribution in [2.45, 2.75) is 33.1 Å². The molecule has 114 valence electrons. The van der Waals surface area contributed by atoms with E-state index >= 15 is 0 Å². The first-order valence-corrected chi connectivity index (χ1v) is 7.93. The minimum absolute atomic E-state index is 0.0658. The maximum absolute atomic E-state index is 12.2. The van der Waals surface area contributed by atoms with Crippen LogP contribution in [0.25, 0.3) is 11.1 Å². The zero-order valence-corrected chi connectivity index (χ0v) is 13.9. The standard InChI is InChI=1S/C20H23NO/c1-13-11-16(20(22)21(3)4)12-14(2)19(13)18-10-6-8-15-7-5-9-17(15)18/h6,8,10-12H,5,7,9H2,1-4H3. The van der Waals surface area contributed by atoms with Crippen molar-refractivity contribution < 1.29 is 4.79 Å². The third-order valence-electron chi connectivity index (χ3n) is 4.60. The van der Waals surface area contributed by atoms with E-state index in [0.717, 1.165) is 5.56 Å². The Hall–Kier alpha value is -2.09. The first-order valence-electron chi connectivity index (χ1n) is 7.93. The van der Waals surface area contributed by atoms with Gasteiger partial charge in [0.15, 0.2) is 0 Å². The molecular formula is C20H23NO. The van der Waals surface area contributed by atoms with Crippen LogP contribution in [0.5, 0.6) is 0 Å². The van der Waals surface area contributed by atoms with E-state index < -0.39 is 0 Å². The number of carbonyl (C=O) groups excluding carboxylic acids is 1. The first-order chi connectivity index (χ1) is 10.5. The Morgan fingerprint density at radius 3 is 2.36 bits per heavy atom. The van der Waals surface area contributed by atoms with Gasteiger partial charge in [-0.3, -0.25) is 4.79 Å². The third kappa shape index (κ3) is 2.43. The number of nitrogens with zero attached hydrogens (tertiary/aromatic N) is 1. The highest BCUT2D eigenvalue weighted by molar-refractivity contribution is 5.95. The van der Waals surface area contributed by atoms with E-state index in [-0.39, 0.29) is 5.91 Å². The van der Waals surface area contributed by atoms with E-state index in [1.807, 2.05) is 12.1 Å². The molecule has 1 aliphatic carbocycles. The number of benzene rings is 2. The van der Waals surface area contributed by atoms with Crippen LogP contribution >= 0.6 is 0 Å². The molecule has 0 spiro atoms. The smallest absolute Gasteiger partial charge is 0.253 e. The van der Waals surface area contributed by atoms with Crippen LogP contribution in [-0.2, 0) is 12.8 Å². The number of fused-ring (bicyclic) bond motifs is 1. The molecular weight excluding hydrogens is 270 g/mol. The molecule has 0 radical (unpaired) electrons. The van der Waals surface area contributed by atoms with Crippen LogP contribution in [-0.4, -0.2) is 24.9 Å². The summed E-state index contributed by atoms with van der Waals surface area (Å²) in [6.07, 6.45) is 3.61. The number of hydrogen-bond donors (Lipinski definition) is 0. The van der Waals surface area contributed by atoms with Gasteiger partial charge in [0, 0.05) is 19.7 Å². The van der Waals surface area contributed by atoms with Gasteiger partial charge < -0.3 is 4.90 Å². The second-order valence-corrected chi connectivity index (χ2v) is 6.48. The second kappa shape index (κ2) is 5.60. The fourth-order valence-corrected chi connectivity index (χ4v) is 3.62. The summed E-state index contributed by atoms with van der Waals surface area (Å²) in [6, 6.07) is 10.7. The van der Waals surface area contributed by atoms with Crippen molar-refractivity contribution in [3.05, 3.63) is 58.1 Å². The quantitative estimate of drug-likeness (QED) is 0.814. The molecule has 22 heavy (non-hydrogen) atoms. The van der Waals surface area contributed by atoms with Gasteiger partial charge in [0.25, 0.3) is 5.91 Å². The molecule has 0 saturated carbocycles. The second-order valence-electron chi connectivity index (χ2n) is 6.48. The lowest BCUT2D eigenvalue weighted by Crippen LogP contribution is -2.21. The van der Waals surface area contributed by atoms with E-state index in [9.17, 15) is 4.79 Å². The lowest BCUT2D eigenvalue weighted by molar-refractivity contribution is 0.0827. The molecule has 0 aliphatic heterocycles. The van der Waals surface area contributed by atoms with E-state index in [0.29, 0.717) is 0 Å². The van der Waals surface area contributed by atoms with Gasteiger partial charge in [-0.25, -0.2) is 0 Å². The SMILES string of the molecule is Cc1cc(C(=O)N(C)C)cc(C)c1-c1cccc2c1CCC2. The van der Waals surface area contributed by atoms with Gasteiger partial charge in [0.2, 0.25) is 0 Å². The monoisotopic (exact) mass is 293 g/mol. The lowest BCUT2D eigenvalue weighted by Gasteiger charge is -2.17. The molecule has 2 aromatic carbocycles. The molecule has 2 nitrogen and oxygen atoms in total. The van der Waals surface area contributed by atoms with Crippen molar-refractivity contribution >= 4 is 5.91 Å². The van der Waals surface area contributed by atoms with Crippen LogP contribution in [0.1, 0.15) is 39.0 Å². The molecule has 0 atom stereocenters. The van der Waals surface area contributed by atoms with Crippen molar-refractivity contribution in [1.29, 1.82) is 0 Å². The number of hydrogen-bond acceptors (Lipinski definition) is 1. The van der Waals surface area contributed by atoms with Gasteiger partial charge in [0.1, 0.15) is 0 Å². The van der Waals surface area contributed by atoms with Gasteiger partial charge in [-0.15, -0.1) is 0 Å². The maximum atomic E-state index is 12.2. The summed E-state index contributed by atoms with van der Waals surface area (Å²) in [7, 11) is 3.59. The Morgan fingerprint density at radius 2 is 1.73 bits per heavy atom. The number of carbonyl (C=O) groups is 1. The molecule has 0 aromatic heterocycles. The predicted octanol–water partition coefficient (Wildman–Crippen LogP) is 4.16. The van der Waals surface area contributed by atoms with Crippen molar-refractivity contribution in [3.63, 3.8) is 0 Å². The van der Waals surface area contributed by atoms with Crippen molar-refractivity contribution in [3.8, 4) is 11.1 Å². The molecule has 2 heteroatoms. The van der Waals surface area contributed by atoms with E-state index in [4.69, 9.17) is 0 Å². The van der Waals surface area contributed by atoms with Gasteiger partial charge >= 0.3 is 0 Å². The fourth-order valence-electron chi connectivity index (χ4n) is 3.62. The van der Waals surface area contributed by atoms with Gasteiger partial charge in [-0.05, 0) is 78.6 Å². The molecule has 3 rings (SSSR count). The Morgan fingerprint density at radius 1 is 1.05 bits per heavy atom. The Kier molecular flexibility index (Phi) is 3.78. The summed E-state index contributed by atoms with van der Waals surface area (Å²) in [6.45, 7) is 4.23. The minimum Gasteiger partial charge on any atom is -0.345 e. The van der Waals surface area contributed by atoms with Crippen LogP contribution in [0.3, 0.4) is 0 Å². The van der Waals surface area contributed by atoms with Crippen molar-refractivity contribution in [2.75, 3.05) is 14.1 Å². The average molecular weight is 293 g/mol. The number of rotatable bonds is 2. The fraction of sp³-hybridized carbons (Fsp3) is 0.350. The van der Waals surface area contributed by atoms with E-state index in [1.165, 1.54) is 52.6 Å². The number of amides is 1. The van der Waals surface area contributed by atoms with E-state index in [2.05, 4.69) is 32.0 Å². The van der Waals surface area contributed by atoms with Gasteiger partial charge in [0.05, 0.1) is 0 Å². The molecule has 0 fully saturated rings. The summed E-state index contributed by atoms with van der Waals surface area (Å²) in [4.78, 5) is 13.8. The summed E-state index contributed by atoms with van der Waals surface area (Å²) in [5.74, 6) is 0.0658. The molecule has 0 bridgehead atoms. The molecule has 1 aliphatic rings. The summed E-state index contributed by atoms with van der Waals surface area (Å²) in [5, 5.41) is 0. The highest BCUT2D eigenvalue weighted by atomic mass is 16.2. The Bertz CT molecular complexity index is 720. The largest absolute Gasteiger partial charge is 0.345 e. The zero-order chi connectivity index (χ0) is 15.9. The predicted molar refractivity (Wildman–Crippen MR) is 91.4 cm³/mol. The lowest BCUT2D eigenvalue weighted by atomic mass is 9.89.